The summed E-state index contributed by atoms with van der Waals surface area (Å²) in [4.78, 5) is 18.1. The van der Waals surface area contributed by atoms with Gasteiger partial charge in [0.25, 0.3) is 0 Å². The van der Waals surface area contributed by atoms with Crippen molar-refractivity contribution in [2.24, 2.45) is 0 Å². The summed E-state index contributed by atoms with van der Waals surface area (Å²) >= 11 is 6.31. The minimum absolute atomic E-state index is 0.0906. The molecule has 2 aromatic carbocycles. The fraction of sp³-hybridized carbons (Fsp3) is 0.0556. The summed E-state index contributed by atoms with van der Waals surface area (Å²) in [6, 6.07) is 13.2. The molecule has 0 aliphatic rings. The van der Waals surface area contributed by atoms with Crippen LogP contribution in [0.4, 0.5) is 4.79 Å². The topological polar surface area (TPSA) is 102 Å². The van der Waals surface area contributed by atoms with Crippen molar-refractivity contribution < 1.29 is 19.4 Å². The predicted molar refractivity (Wildman–Crippen MR) is 97.7 cm³/mol. The number of nitrogens with one attached hydrogen (secondary N) is 1. The first-order valence-corrected chi connectivity index (χ1v) is 8.28. The van der Waals surface area contributed by atoms with Gasteiger partial charge in [-0.1, -0.05) is 41.9 Å². The molecule has 2 aromatic heterocycles. The molecule has 0 saturated carbocycles. The van der Waals surface area contributed by atoms with Crippen molar-refractivity contribution in [2.45, 2.75) is 6.61 Å². The quantitative estimate of drug-likeness (QED) is 0.503. The van der Waals surface area contributed by atoms with Crippen molar-refractivity contribution >= 4 is 28.8 Å². The number of H-pyrrole nitrogens is 1. The number of imidazole rings is 1. The SMILES string of the molecule is O=C(O)Oc1cnn(-c2nc3cc(OCc4ccccc4)c(Cl)cc3[nH]2)c1. The van der Waals surface area contributed by atoms with Gasteiger partial charge in [0, 0.05) is 6.07 Å². The zero-order valence-electron chi connectivity index (χ0n) is 13.8. The molecule has 0 fully saturated rings. The van der Waals surface area contributed by atoms with Crippen LogP contribution in [0, 0.1) is 0 Å². The van der Waals surface area contributed by atoms with E-state index in [1.807, 2.05) is 30.3 Å². The number of rotatable bonds is 5. The lowest BCUT2D eigenvalue weighted by molar-refractivity contribution is 0.144. The molecule has 0 amide bonds. The number of nitrogens with zero attached hydrogens (tertiary/aromatic N) is 3. The summed E-state index contributed by atoms with van der Waals surface area (Å²) in [6.45, 7) is 0.387. The lowest BCUT2D eigenvalue weighted by atomic mass is 10.2. The molecule has 4 aromatic rings. The van der Waals surface area contributed by atoms with Crippen molar-refractivity contribution in [1.82, 2.24) is 19.7 Å². The maximum Gasteiger partial charge on any atom is 0.511 e. The van der Waals surface area contributed by atoms with Gasteiger partial charge in [0.1, 0.15) is 12.4 Å². The largest absolute Gasteiger partial charge is 0.511 e. The third-order valence-corrected chi connectivity index (χ3v) is 4.04. The van der Waals surface area contributed by atoms with Gasteiger partial charge in [-0.2, -0.15) is 5.10 Å². The van der Waals surface area contributed by atoms with E-state index in [9.17, 15) is 4.79 Å². The zero-order chi connectivity index (χ0) is 18.8. The fourth-order valence-corrected chi connectivity index (χ4v) is 2.75. The molecule has 0 bridgehead atoms. The smallest absolute Gasteiger partial charge is 0.487 e. The van der Waals surface area contributed by atoms with E-state index in [1.54, 1.807) is 12.1 Å². The molecule has 2 heterocycles. The Balaban J connectivity index is 1.59. The Labute approximate surface area is 157 Å². The molecule has 27 heavy (non-hydrogen) atoms. The Bertz CT molecular complexity index is 1110. The van der Waals surface area contributed by atoms with Crippen LogP contribution in [0.25, 0.3) is 17.0 Å². The van der Waals surface area contributed by atoms with Crippen molar-refractivity contribution in [2.75, 3.05) is 0 Å². The first-order valence-electron chi connectivity index (χ1n) is 7.90. The van der Waals surface area contributed by atoms with Gasteiger partial charge in [-0.25, -0.2) is 14.5 Å². The third-order valence-electron chi connectivity index (χ3n) is 3.74. The molecule has 136 valence electrons. The number of ether oxygens (including phenoxy) is 2. The van der Waals surface area contributed by atoms with E-state index >= 15 is 0 Å². The van der Waals surface area contributed by atoms with Crippen LogP contribution in [0.2, 0.25) is 5.02 Å². The van der Waals surface area contributed by atoms with Gasteiger partial charge in [0.2, 0.25) is 5.95 Å². The molecule has 4 rings (SSSR count). The first kappa shape index (κ1) is 16.9. The number of carboxylic acid groups (broad SMARTS) is 1. The number of halogens is 1. The number of hydrogen-bond donors (Lipinski definition) is 2. The second-order valence-corrected chi connectivity index (χ2v) is 6.03. The highest BCUT2D eigenvalue weighted by atomic mass is 35.5. The Kier molecular flexibility index (Phi) is 4.39. The normalized spacial score (nSPS) is 10.9. The highest BCUT2D eigenvalue weighted by Crippen LogP contribution is 2.30. The van der Waals surface area contributed by atoms with Crippen LogP contribution in [0.1, 0.15) is 5.56 Å². The molecular formula is C18H13ClN4O4. The van der Waals surface area contributed by atoms with Gasteiger partial charge in [0.15, 0.2) is 5.75 Å². The summed E-state index contributed by atoms with van der Waals surface area (Å²) in [5, 5.41) is 13.1. The van der Waals surface area contributed by atoms with Gasteiger partial charge in [0.05, 0.1) is 28.4 Å². The Hall–Kier alpha value is -3.52. The Morgan fingerprint density at radius 2 is 2.07 bits per heavy atom. The average molecular weight is 385 g/mol. The van der Waals surface area contributed by atoms with Gasteiger partial charge in [-0.15, -0.1) is 0 Å². The molecule has 0 unspecified atom stereocenters. The Morgan fingerprint density at radius 3 is 2.85 bits per heavy atom. The van der Waals surface area contributed by atoms with Crippen LogP contribution in [0.15, 0.2) is 54.9 Å². The van der Waals surface area contributed by atoms with Crippen LogP contribution in [0.5, 0.6) is 11.5 Å². The fourth-order valence-electron chi connectivity index (χ4n) is 2.53. The molecule has 0 radical (unpaired) electrons. The molecule has 0 saturated heterocycles. The summed E-state index contributed by atoms with van der Waals surface area (Å²) in [7, 11) is 0. The monoisotopic (exact) mass is 384 g/mol. The second kappa shape index (κ2) is 7.00. The van der Waals surface area contributed by atoms with E-state index in [1.165, 1.54) is 17.1 Å². The molecule has 0 spiro atoms. The van der Waals surface area contributed by atoms with Crippen LogP contribution >= 0.6 is 11.6 Å². The van der Waals surface area contributed by atoms with E-state index in [4.69, 9.17) is 21.4 Å². The minimum atomic E-state index is -1.41. The predicted octanol–water partition coefficient (Wildman–Crippen LogP) is 4.04. The van der Waals surface area contributed by atoms with E-state index in [-0.39, 0.29) is 5.75 Å². The summed E-state index contributed by atoms with van der Waals surface area (Å²) < 4.78 is 11.7. The number of carbonyl (C=O) groups is 1. The maximum absolute atomic E-state index is 10.6. The lowest BCUT2D eigenvalue weighted by Crippen LogP contribution is -2.02. The highest BCUT2D eigenvalue weighted by molar-refractivity contribution is 6.32. The zero-order valence-corrected chi connectivity index (χ0v) is 14.6. The van der Waals surface area contributed by atoms with Crippen LogP contribution in [-0.2, 0) is 6.61 Å². The molecule has 0 atom stereocenters. The van der Waals surface area contributed by atoms with Crippen molar-refractivity contribution in [3.05, 3.63) is 65.4 Å². The average Bonchev–Trinajstić information content (AvgIpc) is 3.26. The van der Waals surface area contributed by atoms with Gasteiger partial charge < -0.3 is 19.6 Å². The van der Waals surface area contributed by atoms with Crippen LogP contribution in [-0.4, -0.2) is 31.0 Å². The molecule has 0 aliphatic carbocycles. The number of aromatic amines is 1. The van der Waals surface area contributed by atoms with Crippen molar-refractivity contribution in [1.29, 1.82) is 0 Å². The molecule has 8 nitrogen and oxygen atoms in total. The minimum Gasteiger partial charge on any atom is -0.487 e. The molecule has 2 N–H and O–H groups in total. The van der Waals surface area contributed by atoms with Crippen LogP contribution < -0.4 is 9.47 Å². The van der Waals surface area contributed by atoms with Crippen molar-refractivity contribution in [3.63, 3.8) is 0 Å². The maximum atomic E-state index is 10.6. The number of benzene rings is 2. The van der Waals surface area contributed by atoms with E-state index in [0.29, 0.717) is 34.4 Å². The summed E-state index contributed by atoms with van der Waals surface area (Å²) in [5.74, 6) is 0.996. The van der Waals surface area contributed by atoms with E-state index in [2.05, 4.69) is 19.8 Å². The number of hydrogen-bond acceptors (Lipinski definition) is 5. The lowest BCUT2D eigenvalue weighted by Gasteiger charge is -2.07. The van der Waals surface area contributed by atoms with Crippen LogP contribution in [0.3, 0.4) is 0 Å². The second-order valence-electron chi connectivity index (χ2n) is 5.62. The number of aromatic nitrogens is 4. The van der Waals surface area contributed by atoms with Crippen molar-refractivity contribution in [3.8, 4) is 17.4 Å². The highest BCUT2D eigenvalue weighted by Gasteiger charge is 2.12. The number of fused-ring (bicyclic) bond motifs is 1. The van der Waals surface area contributed by atoms with Gasteiger partial charge in [-0.05, 0) is 11.6 Å². The third kappa shape index (κ3) is 3.70. The molecule has 0 aliphatic heterocycles. The first-order chi connectivity index (χ1) is 13.1. The molecular weight excluding hydrogens is 372 g/mol. The standard InChI is InChI=1S/C18H13ClN4O4/c19-13-6-14-15(7-16(13)26-10-11-4-2-1-3-5-11)22-17(21-14)23-9-12(8-20-23)27-18(24)25/h1-9H,10H2,(H,21,22)(H,24,25). The van der Waals surface area contributed by atoms with E-state index < -0.39 is 6.16 Å². The van der Waals surface area contributed by atoms with Gasteiger partial charge in [-0.3, -0.25) is 0 Å². The Morgan fingerprint density at radius 1 is 1.26 bits per heavy atom. The van der Waals surface area contributed by atoms with Gasteiger partial charge >= 0.3 is 6.16 Å². The summed E-state index contributed by atoms with van der Waals surface area (Å²) in [6.07, 6.45) is 1.27. The van der Waals surface area contributed by atoms with E-state index in [0.717, 1.165) is 5.56 Å². The summed E-state index contributed by atoms with van der Waals surface area (Å²) in [5.41, 5.74) is 2.35. The molecule has 9 heteroatoms.